The Balaban J connectivity index is 2.34. The van der Waals surface area contributed by atoms with Crippen LogP contribution in [-0.4, -0.2) is 5.11 Å². The predicted molar refractivity (Wildman–Crippen MR) is 69.7 cm³/mol. The number of benzene rings is 1. The maximum atomic E-state index is 9.67. The summed E-state index contributed by atoms with van der Waals surface area (Å²) >= 11 is 0. The van der Waals surface area contributed by atoms with Crippen LogP contribution in [0.1, 0.15) is 45.6 Å². The Hall–Kier alpha value is -0.980. The molecule has 1 rings (SSSR count). The first-order valence-corrected chi connectivity index (χ1v) is 6.36. The first-order chi connectivity index (χ1) is 7.59. The van der Waals surface area contributed by atoms with Crippen molar-refractivity contribution < 1.29 is 5.11 Å². The highest BCUT2D eigenvalue weighted by Crippen LogP contribution is 2.22. The number of phenols is 1. The van der Waals surface area contributed by atoms with Gasteiger partial charge < -0.3 is 5.11 Å². The molecule has 16 heavy (non-hydrogen) atoms. The van der Waals surface area contributed by atoms with Crippen LogP contribution < -0.4 is 0 Å². The molecule has 1 atom stereocenters. The molecule has 0 aliphatic heterocycles. The third-order valence-corrected chi connectivity index (χ3v) is 3.04. The zero-order chi connectivity index (χ0) is 12.0. The molecule has 1 N–H and O–H groups in total. The Bertz CT molecular complexity index is 304. The zero-order valence-corrected chi connectivity index (χ0v) is 10.7. The largest absolute Gasteiger partial charge is 0.508 e. The number of hydrogen-bond acceptors (Lipinski definition) is 1. The molecule has 0 saturated carbocycles. The summed E-state index contributed by atoms with van der Waals surface area (Å²) in [6.07, 6.45) is 4.86. The van der Waals surface area contributed by atoms with Crippen molar-refractivity contribution in [2.75, 3.05) is 0 Å². The summed E-state index contributed by atoms with van der Waals surface area (Å²) in [5.74, 6) is 1.91. The van der Waals surface area contributed by atoms with E-state index in [2.05, 4.69) is 20.8 Å². The van der Waals surface area contributed by atoms with Crippen molar-refractivity contribution in [2.24, 2.45) is 11.8 Å². The molecule has 0 radical (unpaired) electrons. The molecular formula is C15H24O. The topological polar surface area (TPSA) is 20.2 Å². The van der Waals surface area contributed by atoms with E-state index in [4.69, 9.17) is 0 Å². The lowest BCUT2D eigenvalue weighted by atomic mass is 9.94. The lowest BCUT2D eigenvalue weighted by molar-refractivity contribution is 0.436. The van der Waals surface area contributed by atoms with Gasteiger partial charge in [-0.1, -0.05) is 58.2 Å². The molecule has 0 bridgehead atoms. The molecule has 1 unspecified atom stereocenters. The Morgan fingerprint density at radius 2 is 1.75 bits per heavy atom. The highest BCUT2D eigenvalue weighted by Gasteiger charge is 2.07. The maximum absolute atomic E-state index is 9.67. The Morgan fingerprint density at radius 1 is 1.06 bits per heavy atom. The van der Waals surface area contributed by atoms with Gasteiger partial charge in [-0.2, -0.15) is 0 Å². The normalized spacial score (nSPS) is 13.0. The van der Waals surface area contributed by atoms with Crippen molar-refractivity contribution in [3.63, 3.8) is 0 Å². The van der Waals surface area contributed by atoms with E-state index < -0.39 is 0 Å². The fourth-order valence-corrected chi connectivity index (χ4v) is 2.04. The van der Waals surface area contributed by atoms with E-state index in [0.717, 1.165) is 17.9 Å². The van der Waals surface area contributed by atoms with Gasteiger partial charge in [0.2, 0.25) is 0 Å². The molecule has 0 saturated heterocycles. The summed E-state index contributed by atoms with van der Waals surface area (Å²) in [5.41, 5.74) is 1.08. The fourth-order valence-electron chi connectivity index (χ4n) is 2.04. The van der Waals surface area contributed by atoms with Gasteiger partial charge >= 0.3 is 0 Å². The molecule has 0 aliphatic carbocycles. The molecule has 1 aromatic rings. The standard InChI is InChI=1S/C15H24O/c1-12(2)7-6-8-13(3)11-14-9-4-5-10-15(14)16/h4-5,9-10,12-13,16H,6-8,11H2,1-3H3. The van der Waals surface area contributed by atoms with Gasteiger partial charge in [0.05, 0.1) is 0 Å². The molecule has 1 aromatic carbocycles. The summed E-state index contributed by atoms with van der Waals surface area (Å²) in [5, 5.41) is 9.67. The lowest BCUT2D eigenvalue weighted by Crippen LogP contribution is -2.01. The second-order valence-electron chi connectivity index (χ2n) is 5.26. The van der Waals surface area contributed by atoms with Crippen molar-refractivity contribution in [3.8, 4) is 5.75 Å². The third kappa shape index (κ3) is 4.69. The second-order valence-corrected chi connectivity index (χ2v) is 5.26. The number of rotatable bonds is 6. The summed E-state index contributed by atoms with van der Waals surface area (Å²) in [6, 6.07) is 7.67. The first kappa shape index (κ1) is 13.1. The van der Waals surface area contributed by atoms with Gasteiger partial charge in [-0.15, -0.1) is 0 Å². The van der Waals surface area contributed by atoms with Gasteiger partial charge in [0.25, 0.3) is 0 Å². The van der Waals surface area contributed by atoms with Crippen molar-refractivity contribution in [2.45, 2.75) is 46.5 Å². The van der Waals surface area contributed by atoms with E-state index in [0.29, 0.717) is 11.7 Å². The monoisotopic (exact) mass is 220 g/mol. The molecule has 0 aromatic heterocycles. The average Bonchev–Trinajstić information content (AvgIpc) is 2.21. The van der Waals surface area contributed by atoms with E-state index in [1.54, 1.807) is 6.07 Å². The van der Waals surface area contributed by atoms with E-state index in [1.165, 1.54) is 19.3 Å². The van der Waals surface area contributed by atoms with E-state index in [1.807, 2.05) is 18.2 Å². The number of hydrogen-bond donors (Lipinski definition) is 1. The van der Waals surface area contributed by atoms with Crippen LogP contribution in [0.2, 0.25) is 0 Å². The number of phenolic OH excluding ortho intramolecular Hbond substituents is 1. The van der Waals surface area contributed by atoms with Crippen LogP contribution in [0.15, 0.2) is 24.3 Å². The predicted octanol–water partition coefficient (Wildman–Crippen LogP) is 4.40. The smallest absolute Gasteiger partial charge is 0.118 e. The van der Waals surface area contributed by atoms with Crippen LogP contribution in [0.3, 0.4) is 0 Å². The summed E-state index contributed by atoms with van der Waals surface area (Å²) in [7, 11) is 0. The minimum atomic E-state index is 0.443. The van der Waals surface area contributed by atoms with Crippen molar-refractivity contribution in [1.29, 1.82) is 0 Å². The van der Waals surface area contributed by atoms with Crippen molar-refractivity contribution in [3.05, 3.63) is 29.8 Å². The quantitative estimate of drug-likeness (QED) is 0.753. The van der Waals surface area contributed by atoms with Crippen LogP contribution in [0.25, 0.3) is 0 Å². The van der Waals surface area contributed by atoms with Crippen molar-refractivity contribution in [1.82, 2.24) is 0 Å². The highest BCUT2D eigenvalue weighted by molar-refractivity contribution is 5.31. The summed E-state index contributed by atoms with van der Waals surface area (Å²) in [6.45, 7) is 6.81. The van der Waals surface area contributed by atoms with Crippen molar-refractivity contribution >= 4 is 0 Å². The molecule has 1 heteroatoms. The van der Waals surface area contributed by atoms with Gasteiger partial charge in [-0.3, -0.25) is 0 Å². The average molecular weight is 220 g/mol. The van der Waals surface area contributed by atoms with Crippen LogP contribution in [-0.2, 0) is 6.42 Å². The van der Waals surface area contributed by atoms with Crippen LogP contribution >= 0.6 is 0 Å². The molecule has 0 spiro atoms. The Kier molecular flexibility index (Phi) is 5.37. The van der Waals surface area contributed by atoms with Crippen LogP contribution in [0.4, 0.5) is 0 Å². The molecule has 0 fully saturated rings. The van der Waals surface area contributed by atoms with Gasteiger partial charge in [-0.05, 0) is 29.9 Å². The van der Waals surface area contributed by atoms with Gasteiger partial charge in [0, 0.05) is 0 Å². The molecule has 90 valence electrons. The van der Waals surface area contributed by atoms with Crippen LogP contribution in [0.5, 0.6) is 5.75 Å². The van der Waals surface area contributed by atoms with E-state index >= 15 is 0 Å². The fraction of sp³-hybridized carbons (Fsp3) is 0.600. The second kappa shape index (κ2) is 6.57. The summed E-state index contributed by atoms with van der Waals surface area (Å²) < 4.78 is 0. The molecule has 0 aliphatic rings. The minimum Gasteiger partial charge on any atom is -0.508 e. The SMILES string of the molecule is CC(C)CCCC(C)Cc1ccccc1O. The molecular weight excluding hydrogens is 196 g/mol. The third-order valence-electron chi connectivity index (χ3n) is 3.04. The number of aromatic hydroxyl groups is 1. The van der Waals surface area contributed by atoms with E-state index in [9.17, 15) is 5.11 Å². The van der Waals surface area contributed by atoms with Gasteiger partial charge in [-0.25, -0.2) is 0 Å². The lowest BCUT2D eigenvalue weighted by Gasteiger charge is -2.13. The number of para-hydroxylation sites is 1. The zero-order valence-electron chi connectivity index (χ0n) is 10.7. The summed E-state index contributed by atoms with van der Waals surface area (Å²) in [4.78, 5) is 0. The van der Waals surface area contributed by atoms with Gasteiger partial charge in [0.1, 0.15) is 5.75 Å². The van der Waals surface area contributed by atoms with E-state index in [-0.39, 0.29) is 0 Å². The molecule has 1 nitrogen and oxygen atoms in total. The minimum absolute atomic E-state index is 0.443. The maximum Gasteiger partial charge on any atom is 0.118 e. The Labute approximate surface area is 99.5 Å². The molecule has 0 amide bonds. The van der Waals surface area contributed by atoms with Crippen LogP contribution in [0, 0.1) is 11.8 Å². The van der Waals surface area contributed by atoms with Gasteiger partial charge in [0.15, 0.2) is 0 Å². The Morgan fingerprint density at radius 3 is 2.38 bits per heavy atom. The molecule has 0 heterocycles. The highest BCUT2D eigenvalue weighted by atomic mass is 16.3. The first-order valence-electron chi connectivity index (χ1n) is 6.36.